The van der Waals surface area contributed by atoms with Gasteiger partial charge < -0.3 is 0 Å². The third-order valence-corrected chi connectivity index (χ3v) is 10.4. The number of hydrogen-bond acceptors (Lipinski definition) is 0. The molecular formula is C42H58Cr2O6P2. The van der Waals surface area contributed by atoms with Gasteiger partial charge in [0, 0.05) is 45.3 Å². The van der Waals surface area contributed by atoms with E-state index in [1.807, 2.05) is 0 Å². The fourth-order valence-electron chi connectivity index (χ4n) is 4.74. The van der Waals surface area contributed by atoms with Crippen molar-refractivity contribution in [3.05, 3.63) is 97.5 Å². The second-order valence-corrected chi connectivity index (χ2v) is 20.0. The standard InChI is InChI=1S/C36H58P2.6CO.2Cr/c1-31(2,3)23-19-25(33(7,8)9)29(26(20-23)34(10,11)12)37-38-30-27(35(13,14)15)21-24(32(4,5)6)22-28(30)36(16,17)18;6*1-2;;/h19-22H,1-18H3;;;;;;;;. The molecule has 0 aliphatic carbocycles. The van der Waals surface area contributed by atoms with Gasteiger partial charge in [-0.05, 0) is 81.6 Å². The van der Waals surface area contributed by atoms with E-state index in [1.54, 1.807) is 0 Å². The Morgan fingerprint density at radius 3 is 0.538 bits per heavy atom. The molecule has 0 saturated carbocycles. The fraction of sp³-hybridized carbons (Fsp3) is 0.571. The van der Waals surface area contributed by atoms with Crippen molar-refractivity contribution in [3.8, 4) is 0 Å². The molecule has 0 heterocycles. The Bertz CT molecular complexity index is 1280. The summed E-state index contributed by atoms with van der Waals surface area (Å²) in [5, 5.41) is 3.05. The van der Waals surface area contributed by atoms with Gasteiger partial charge in [-0.3, -0.25) is 0 Å². The SMILES string of the molecule is CC(C)(C)c1cc(C(C)(C)C)c(P=Pc2c(C(C)(C)C)cc(C(C)(C)C)cc2C(C)(C)C)c(C(C)(C)C)c1.[C-]#[O+].[C-]#[O+].[C-]#[O+].[C-]#[O+].[C-]#[O+].[C-]#[O+].[Cr].[Cr]. The molecule has 10 heteroatoms. The molecule has 0 unspecified atom stereocenters. The minimum atomic E-state index is 0. The van der Waals surface area contributed by atoms with Gasteiger partial charge in [0.2, 0.25) is 0 Å². The first kappa shape index (κ1) is 65.4. The van der Waals surface area contributed by atoms with Crippen LogP contribution in [0.25, 0.3) is 0 Å². The van der Waals surface area contributed by atoms with Crippen LogP contribution in [0.3, 0.4) is 0 Å². The molecule has 0 atom stereocenters. The monoisotopic (exact) mass is 824 g/mol. The third-order valence-electron chi connectivity index (χ3n) is 7.43. The van der Waals surface area contributed by atoms with Gasteiger partial charge >= 0.3 is 67.8 Å². The Kier molecular flexibility index (Phi) is 35.3. The third kappa shape index (κ3) is 21.4. The van der Waals surface area contributed by atoms with Crippen LogP contribution in [-0.4, -0.2) is 0 Å². The Labute approximate surface area is 341 Å². The second-order valence-electron chi connectivity index (χ2n) is 17.5. The Morgan fingerprint density at radius 1 is 0.308 bits per heavy atom. The summed E-state index contributed by atoms with van der Waals surface area (Å²) in [6, 6.07) is 10.1. The fourth-order valence-corrected chi connectivity index (χ4v) is 8.86. The molecule has 0 radical (unpaired) electrons. The Balaban J connectivity index is -0.000000262. The average Bonchev–Trinajstić information content (AvgIpc) is 3.02. The van der Waals surface area contributed by atoms with Gasteiger partial charge in [-0.2, -0.15) is 0 Å². The van der Waals surface area contributed by atoms with Crippen LogP contribution < -0.4 is 10.6 Å². The van der Waals surface area contributed by atoms with Crippen molar-refractivity contribution < 1.29 is 62.6 Å². The smallest absolute Gasteiger partial charge is 0 e. The average molecular weight is 825 g/mol. The van der Waals surface area contributed by atoms with Gasteiger partial charge in [0.05, 0.1) is 0 Å². The van der Waals surface area contributed by atoms with Crippen molar-refractivity contribution in [1.82, 2.24) is 0 Å². The summed E-state index contributed by atoms with van der Waals surface area (Å²) in [6.45, 7) is 69.7. The van der Waals surface area contributed by atoms with E-state index in [4.69, 9.17) is 27.9 Å². The first-order valence-corrected chi connectivity index (χ1v) is 18.2. The van der Waals surface area contributed by atoms with Crippen LogP contribution in [0.15, 0.2) is 24.3 Å². The number of hydrogen-bond donors (Lipinski definition) is 0. The predicted molar refractivity (Wildman–Crippen MR) is 202 cm³/mol. The molecule has 0 aliphatic rings. The van der Waals surface area contributed by atoms with Crippen LogP contribution in [0.4, 0.5) is 0 Å². The van der Waals surface area contributed by atoms with Gasteiger partial charge in [-0.25, -0.2) is 0 Å². The first-order chi connectivity index (χ1) is 22.6. The van der Waals surface area contributed by atoms with Gasteiger partial charge in [0.25, 0.3) is 0 Å². The minimum Gasteiger partial charge on any atom is 0 e. The summed E-state index contributed by atoms with van der Waals surface area (Å²) >= 11 is 0. The van der Waals surface area contributed by atoms with E-state index >= 15 is 0 Å². The molecule has 0 aromatic heterocycles. The van der Waals surface area contributed by atoms with E-state index in [2.05, 4.69) is 189 Å². The molecule has 0 fully saturated rings. The zero-order valence-corrected chi connectivity index (χ0v) is 38.8. The molecule has 2 rings (SSSR count). The van der Waals surface area contributed by atoms with E-state index in [0.29, 0.717) is 0 Å². The van der Waals surface area contributed by atoms with Crippen LogP contribution in [0, 0.1) is 39.9 Å². The largest absolute Gasteiger partial charge is 0 e. The minimum absolute atomic E-state index is 0. The molecule has 6 nitrogen and oxygen atoms in total. The maximum absolute atomic E-state index is 7.50. The van der Waals surface area contributed by atoms with Gasteiger partial charge in [-0.1, -0.05) is 149 Å². The van der Waals surface area contributed by atoms with Crippen molar-refractivity contribution in [2.75, 3.05) is 0 Å². The van der Waals surface area contributed by atoms with Crippen molar-refractivity contribution in [1.29, 1.82) is 0 Å². The molecule has 284 valence electrons. The topological polar surface area (TPSA) is 119 Å². The maximum Gasteiger partial charge on any atom is 0 e. The summed E-state index contributed by atoms with van der Waals surface area (Å²) in [5.74, 6) is 0. The molecule has 0 bridgehead atoms. The molecule has 0 amide bonds. The molecule has 52 heavy (non-hydrogen) atoms. The molecule has 2 aromatic rings. The van der Waals surface area contributed by atoms with Crippen molar-refractivity contribution >= 4 is 26.3 Å². The molecule has 0 aliphatic heterocycles. The van der Waals surface area contributed by atoms with Gasteiger partial charge in [-0.15, -0.1) is 0 Å². The van der Waals surface area contributed by atoms with Gasteiger partial charge in [0.1, 0.15) is 0 Å². The normalized spacial score (nSPS) is 10.8. The van der Waals surface area contributed by atoms with E-state index in [1.165, 1.54) is 59.7 Å². The van der Waals surface area contributed by atoms with Crippen LogP contribution >= 0.6 is 15.7 Å². The molecule has 0 saturated heterocycles. The quantitative estimate of drug-likeness (QED) is 0.163. The van der Waals surface area contributed by atoms with Crippen LogP contribution in [0.1, 0.15) is 158 Å². The van der Waals surface area contributed by atoms with Crippen LogP contribution in [0.2, 0.25) is 0 Å². The Morgan fingerprint density at radius 2 is 0.442 bits per heavy atom. The Hall–Kier alpha value is -1.46. The number of rotatable bonds is 2. The summed E-state index contributed by atoms with van der Waals surface area (Å²) in [7, 11) is 2.76. The predicted octanol–water partition coefficient (Wildman–Crippen LogP) is 11.0. The summed E-state index contributed by atoms with van der Waals surface area (Å²) < 4.78 is 45.0. The van der Waals surface area contributed by atoms with Crippen molar-refractivity contribution in [2.24, 2.45) is 0 Å². The zero-order chi connectivity index (χ0) is 41.9. The summed E-state index contributed by atoms with van der Waals surface area (Å²) in [6.07, 6.45) is 0. The van der Waals surface area contributed by atoms with Crippen molar-refractivity contribution in [3.63, 3.8) is 0 Å². The molecule has 0 spiro atoms. The summed E-state index contributed by atoms with van der Waals surface area (Å²) in [5.41, 5.74) is 9.47. The van der Waals surface area contributed by atoms with Crippen molar-refractivity contribution in [2.45, 2.75) is 157 Å². The first-order valence-electron chi connectivity index (χ1n) is 15.7. The van der Waals surface area contributed by atoms with E-state index in [9.17, 15) is 0 Å². The van der Waals surface area contributed by atoms with E-state index in [-0.39, 0.29) is 67.2 Å². The zero-order valence-electron chi connectivity index (χ0n) is 34.5. The molecular weight excluding hydrogens is 766 g/mol. The molecule has 2 aromatic carbocycles. The van der Waals surface area contributed by atoms with E-state index < -0.39 is 0 Å². The molecule has 0 N–H and O–H groups in total. The summed E-state index contributed by atoms with van der Waals surface area (Å²) in [4.78, 5) is 0. The van der Waals surface area contributed by atoms with E-state index in [0.717, 1.165) is 0 Å². The van der Waals surface area contributed by atoms with Gasteiger partial charge in [0.15, 0.2) is 0 Å². The number of benzene rings is 2. The van der Waals surface area contributed by atoms with Crippen LogP contribution in [-0.2, 0) is 95.1 Å². The maximum atomic E-state index is 7.50. The van der Waals surface area contributed by atoms with Crippen LogP contribution in [0.5, 0.6) is 0 Å². The second kappa shape index (κ2) is 28.0.